The lowest BCUT2D eigenvalue weighted by Gasteiger charge is -1.94. The summed E-state index contributed by atoms with van der Waals surface area (Å²) in [7, 11) is 0. The highest BCUT2D eigenvalue weighted by Crippen LogP contribution is 2.16. The Balaban J connectivity index is 2.57. The minimum atomic E-state index is -0.144. The summed E-state index contributed by atoms with van der Waals surface area (Å²) in [5.74, 6) is -0.144. The molecule has 82 valence electrons. The third kappa shape index (κ3) is 4.20. The zero-order chi connectivity index (χ0) is 11.3. The van der Waals surface area contributed by atoms with Crippen molar-refractivity contribution in [3.63, 3.8) is 0 Å². The summed E-state index contributed by atoms with van der Waals surface area (Å²) in [4.78, 5) is 11.3. The van der Waals surface area contributed by atoms with Crippen molar-refractivity contribution >= 4 is 22.4 Å². The number of aryl methyl sites for hydroxylation is 1. The van der Waals surface area contributed by atoms with Crippen LogP contribution in [0.5, 0.6) is 0 Å². The van der Waals surface area contributed by atoms with Crippen LogP contribution in [0.25, 0.3) is 0 Å². The van der Waals surface area contributed by atoms with Crippen LogP contribution in [0.2, 0.25) is 0 Å². The standard InChI is InChI=1S/C10H15N3OS/c1-4-5-9-12-13-10(15-9)11-8(14)6-7(2)3/h6H,4-5H2,1-3H3,(H,11,13,14). The summed E-state index contributed by atoms with van der Waals surface area (Å²) >= 11 is 1.43. The molecule has 0 unspecified atom stereocenters. The number of nitrogens with one attached hydrogen (secondary N) is 1. The molecule has 0 aliphatic heterocycles. The highest BCUT2D eigenvalue weighted by Gasteiger charge is 2.05. The minimum Gasteiger partial charge on any atom is -0.297 e. The van der Waals surface area contributed by atoms with Gasteiger partial charge in [0.1, 0.15) is 5.01 Å². The predicted molar refractivity (Wildman–Crippen MR) is 62.0 cm³/mol. The van der Waals surface area contributed by atoms with Crippen LogP contribution in [-0.4, -0.2) is 16.1 Å². The summed E-state index contributed by atoms with van der Waals surface area (Å²) in [6, 6.07) is 0. The van der Waals surface area contributed by atoms with Crippen molar-refractivity contribution in [3.05, 3.63) is 16.7 Å². The fourth-order valence-corrected chi connectivity index (χ4v) is 1.87. The van der Waals surface area contributed by atoms with Gasteiger partial charge in [-0.25, -0.2) is 0 Å². The summed E-state index contributed by atoms with van der Waals surface area (Å²) < 4.78 is 0. The first-order valence-corrected chi connectivity index (χ1v) is 5.71. The van der Waals surface area contributed by atoms with E-state index in [0.29, 0.717) is 5.13 Å². The summed E-state index contributed by atoms with van der Waals surface area (Å²) in [5, 5.41) is 12.1. The lowest BCUT2D eigenvalue weighted by molar-refractivity contribution is -0.111. The molecule has 0 radical (unpaired) electrons. The molecule has 0 aromatic carbocycles. The van der Waals surface area contributed by atoms with Gasteiger partial charge in [-0.3, -0.25) is 10.1 Å². The van der Waals surface area contributed by atoms with Gasteiger partial charge in [0.05, 0.1) is 0 Å². The maximum absolute atomic E-state index is 11.3. The molecular weight excluding hydrogens is 210 g/mol. The second-order valence-electron chi connectivity index (χ2n) is 3.46. The van der Waals surface area contributed by atoms with E-state index in [4.69, 9.17) is 0 Å². The van der Waals surface area contributed by atoms with Crippen LogP contribution < -0.4 is 5.32 Å². The second-order valence-corrected chi connectivity index (χ2v) is 4.52. The van der Waals surface area contributed by atoms with Gasteiger partial charge in [0.15, 0.2) is 0 Å². The Hall–Kier alpha value is -1.23. The van der Waals surface area contributed by atoms with E-state index in [1.165, 1.54) is 11.3 Å². The molecule has 1 heterocycles. The van der Waals surface area contributed by atoms with Crippen LogP contribution in [-0.2, 0) is 11.2 Å². The van der Waals surface area contributed by atoms with Gasteiger partial charge in [-0.05, 0) is 20.3 Å². The fraction of sp³-hybridized carbons (Fsp3) is 0.500. The van der Waals surface area contributed by atoms with Crippen molar-refractivity contribution in [1.82, 2.24) is 10.2 Å². The van der Waals surface area contributed by atoms with Gasteiger partial charge >= 0.3 is 0 Å². The molecule has 0 saturated heterocycles. The quantitative estimate of drug-likeness (QED) is 0.800. The monoisotopic (exact) mass is 225 g/mol. The molecule has 0 aliphatic rings. The normalized spacial score (nSPS) is 9.80. The highest BCUT2D eigenvalue weighted by molar-refractivity contribution is 7.15. The smallest absolute Gasteiger partial charge is 0.250 e. The van der Waals surface area contributed by atoms with Gasteiger partial charge in [0, 0.05) is 12.5 Å². The maximum Gasteiger partial charge on any atom is 0.250 e. The number of nitrogens with zero attached hydrogens (tertiary/aromatic N) is 2. The molecule has 0 aliphatic carbocycles. The number of anilines is 1. The average Bonchev–Trinajstić information content (AvgIpc) is 2.51. The van der Waals surface area contributed by atoms with E-state index in [2.05, 4.69) is 22.4 Å². The van der Waals surface area contributed by atoms with Gasteiger partial charge in [-0.15, -0.1) is 10.2 Å². The van der Waals surface area contributed by atoms with Crippen LogP contribution in [0, 0.1) is 0 Å². The van der Waals surface area contributed by atoms with Crippen molar-refractivity contribution in [2.45, 2.75) is 33.6 Å². The molecule has 0 spiro atoms. The van der Waals surface area contributed by atoms with Crippen LogP contribution in [0.4, 0.5) is 5.13 Å². The Bertz CT molecular complexity index is 366. The second kappa shape index (κ2) is 5.60. The van der Waals surface area contributed by atoms with Crippen molar-refractivity contribution in [2.75, 3.05) is 5.32 Å². The lowest BCUT2D eigenvalue weighted by atomic mass is 10.3. The molecule has 4 nitrogen and oxygen atoms in total. The molecule has 0 atom stereocenters. The zero-order valence-electron chi connectivity index (χ0n) is 9.20. The Morgan fingerprint density at radius 3 is 2.80 bits per heavy atom. The zero-order valence-corrected chi connectivity index (χ0v) is 10.0. The first kappa shape index (κ1) is 11.8. The molecule has 1 aromatic rings. The molecule has 1 aromatic heterocycles. The Morgan fingerprint density at radius 2 is 2.20 bits per heavy atom. The predicted octanol–water partition coefficient (Wildman–Crippen LogP) is 2.40. The number of allylic oxidation sites excluding steroid dienone is 1. The number of hydrogen-bond acceptors (Lipinski definition) is 4. The van der Waals surface area contributed by atoms with Crippen molar-refractivity contribution < 1.29 is 4.79 Å². The Morgan fingerprint density at radius 1 is 1.47 bits per heavy atom. The first-order valence-electron chi connectivity index (χ1n) is 4.90. The van der Waals surface area contributed by atoms with Gasteiger partial charge in [-0.1, -0.05) is 23.8 Å². The lowest BCUT2D eigenvalue weighted by Crippen LogP contribution is -2.07. The average molecular weight is 225 g/mol. The molecule has 5 heteroatoms. The van der Waals surface area contributed by atoms with Crippen LogP contribution in [0.1, 0.15) is 32.2 Å². The topological polar surface area (TPSA) is 54.9 Å². The van der Waals surface area contributed by atoms with E-state index in [9.17, 15) is 4.79 Å². The SMILES string of the molecule is CCCc1nnc(NC(=O)C=C(C)C)s1. The number of amides is 1. The fourth-order valence-electron chi connectivity index (χ4n) is 1.02. The molecule has 1 N–H and O–H groups in total. The van der Waals surface area contributed by atoms with Crippen molar-refractivity contribution in [2.24, 2.45) is 0 Å². The number of carbonyl (C=O) groups excluding carboxylic acids is 1. The molecule has 0 bridgehead atoms. The van der Waals surface area contributed by atoms with Crippen LogP contribution >= 0.6 is 11.3 Å². The molecule has 0 fully saturated rings. The van der Waals surface area contributed by atoms with Crippen molar-refractivity contribution in [3.8, 4) is 0 Å². The van der Waals surface area contributed by atoms with Crippen LogP contribution in [0.15, 0.2) is 11.6 Å². The molecule has 15 heavy (non-hydrogen) atoms. The van der Waals surface area contributed by atoms with E-state index in [-0.39, 0.29) is 5.91 Å². The summed E-state index contributed by atoms with van der Waals surface area (Å²) in [6.45, 7) is 5.84. The number of hydrogen-bond donors (Lipinski definition) is 1. The highest BCUT2D eigenvalue weighted by atomic mass is 32.1. The molecular formula is C10H15N3OS. The van der Waals surface area contributed by atoms with E-state index in [0.717, 1.165) is 23.4 Å². The third-order valence-corrected chi connectivity index (χ3v) is 2.48. The first-order chi connectivity index (χ1) is 7.11. The summed E-state index contributed by atoms with van der Waals surface area (Å²) in [5.41, 5.74) is 0.964. The van der Waals surface area contributed by atoms with Gasteiger partial charge < -0.3 is 0 Å². The number of aromatic nitrogens is 2. The van der Waals surface area contributed by atoms with E-state index < -0.39 is 0 Å². The molecule has 1 rings (SSSR count). The van der Waals surface area contributed by atoms with E-state index in [1.807, 2.05) is 13.8 Å². The number of rotatable bonds is 4. The molecule has 1 amide bonds. The Labute approximate surface area is 93.4 Å². The third-order valence-electron chi connectivity index (χ3n) is 1.58. The van der Waals surface area contributed by atoms with Crippen LogP contribution in [0.3, 0.4) is 0 Å². The molecule has 0 saturated carbocycles. The van der Waals surface area contributed by atoms with Gasteiger partial charge in [-0.2, -0.15) is 0 Å². The van der Waals surface area contributed by atoms with E-state index >= 15 is 0 Å². The maximum atomic E-state index is 11.3. The Kier molecular flexibility index (Phi) is 4.42. The minimum absolute atomic E-state index is 0.144. The van der Waals surface area contributed by atoms with Crippen molar-refractivity contribution in [1.29, 1.82) is 0 Å². The largest absolute Gasteiger partial charge is 0.297 e. The summed E-state index contributed by atoms with van der Waals surface area (Å²) in [6.07, 6.45) is 3.49. The van der Waals surface area contributed by atoms with E-state index in [1.54, 1.807) is 6.08 Å². The van der Waals surface area contributed by atoms with Gasteiger partial charge in [0.25, 0.3) is 0 Å². The van der Waals surface area contributed by atoms with Gasteiger partial charge in [0.2, 0.25) is 11.0 Å². The number of carbonyl (C=O) groups is 1.